The van der Waals surface area contributed by atoms with E-state index in [4.69, 9.17) is 5.73 Å². The van der Waals surface area contributed by atoms with Crippen molar-refractivity contribution < 1.29 is 0 Å². The van der Waals surface area contributed by atoms with Gasteiger partial charge in [0.2, 0.25) is 0 Å². The summed E-state index contributed by atoms with van der Waals surface area (Å²) in [7, 11) is 2.07. The molecule has 0 amide bonds. The maximum absolute atomic E-state index is 5.63. The molecule has 0 radical (unpaired) electrons. The van der Waals surface area contributed by atoms with Crippen molar-refractivity contribution in [1.29, 1.82) is 0 Å². The minimum absolute atomic E-state index is 0.537. The Balaban J connectivity index is 2.18. The average Bonchev–Trinajstić information content (AvgIpc) is 2.38. The van der Waals surface area contributed by atoms with Crippen molar-refractivity contribution in [3.05, 3.63) is 58.8 Å². The smallest absolute Gasteiger partial charge is 0.131 e. The number of rotatable bonds is 4. The van der Waals surface area contributed by atoms with Crippen LogP contribution in [0.4, 0.5) is 5.82 Å². The van der Waals surface area contributed by atoms with E-state index in [-0.39, 0.29) is 0 Å². The molecule has 0 aliphatic heterocycles. The van der Waals surface area contributed by atoms with Gasteiger partial charge in [0, 0.05) is 26.3 Å². The predicted octanol–water partition coefficient (Wildman–Crippen LogP) is 2.79. The predicted molar refractivity (Wildman–Crippen MR) is 80.2 cm³/mol. The van der Waals surface area contributed by atoms with Crippen LogP contribution in [0.1, 0.15) is 22.3 Å². The number of hydrogen-bond acceptors (Lipinski definition) is 3. The SMILES string of the molecule is Cc1cccc(CN(C)c2ncc(CN)cc2C)c1. The first-order chi connectivity index (χ1) is 9.10. The topological polar surface area (TPSA) is 42.2 Å². The van der Waals surface area contributed by atoms with Gasteiger partial charge < -0.3 is 10.6 Å². The monoisotopic (exact) mass is 255 g/mol. The largest absolute Gasteiger partial charge is 0.355 e. The summed E-state index contributed by atoms with van der Waals surface area (Å²) in [6, 6.07) is 10.7. The van der Waals surface area contributed by atoms with Crippen molar-refractivity contribution >= 4 is 5.82 Å². The molecule has 100 valence electrons. The zero-order chi connectivity index (χ0) is 13.8. The van der Waals surface area contributed by atoms with E-state index < -0.39 is 0 Å². The van der Waals surface area contributed by atoms with Crippen LogP contribution >= 0.6 is 0 Å². The van der Waals surface area contributed by atoms with Crippen LogP contribution in [0.15, 0.2) is 36.5 Å². The Morgan fingerprint density at radius 2 is 1.95 bits per heavy atom. The Kier molecular flexibility index (Phi) is 4.17. The van der Waals surface area contributed by atoms with E-state index in [0.29, 0.717) is 6.54 Å². The molecule has 0 aliphatic carbocycles. The van der Waals surface area contributed by atoms with Crippen LogP contribution in [0.3, 0.4) is 0 Å². The van der Waals surface area contributed by atoms with Crippen LogP contribution in [-0.4, -0.2) is 12.0 Å². The number of aromatic nitrogens is 1. The van der Waals surface area contributed by atoms with E-state index in [0.717, 1.165) is 23.5 Å². The molecular formula is C16H21N3. The fourth-order valence-corrected chi connectivity index (χ4v) is 2.30. The second kappa shape index (κ2) is 5.85. The number of nitrogens with zero attached hydrogens (tertiary/aromatic N) is 2. The number of nitrogens with two attached hydrogens (primary N) is 1. The highest BCUT2D eigenvalue weighted by atomic mass is 15.2. The van der Waals surface area contributed by atoms with E-state index in [1.165, 1.54) is 11.1 Å². The Hall–Kier alpha value is -1.87. The summed E-state index contributed by atoms with van der Waals surface area (Å²) in [5.74, 6) is 1.01. The van der Waals surface area contributed by atoms with Gasteiger partial charge in [-0.3, -0.25) is 0 Å². The van der Waals surface area contributed by atoms with Crippen molar-refractivity contribution in [2.75, 3.05) is 11.9 Å². The van der Waals surface area contributed by atoms with Crippen LogP contribution in [0.5, 0.6) is 0 Å². The lowest BCUT2D eigenvalue weighted by molar-refractivity contribution is 0.884. The lowest BCUT2D eigenvalue weighted by Crippen LogP contribution is -2.19. The molecule has 0 saturated carbocycles. The van der Waals surface area contributed by atoms with Crippen molar-refractivity contribution in [1.82, 2.24) is 4.98 Å². The van der Waals surface area contributed by atoms with E-state index in [9.17, 15) is 0 Å². The highest BCUT2D eigenvalue weighted by Gasteiger charge is 2.07. The third kappa shape index (κ3) is 3.32. The molecule has 1 aromatic heterocycles. The number of anilines is 1. The quantitative estimate of drug-likeness (QED) is 0.913. The molecule has 0 spiro atoms. The molecule has 2 rings (SSSR count). The summed E-state index contributed by atoms with van der Waals surface area (Å²) in [4.78, 5) is 6.68. The molecule has 0 unspecified atom stereocenters. The normalized spacial score (nSPS) is 10.5. The van der Waals surface area contributed by atoms with Crippen molar-refractivity contribution in [3.63, 3.8) is 0 Å². The van der Waals surface area contributed by atoms with Crippen molar-refractivity contribution in [2.24, 2.45) is 5.73 Å². The molecule has 1 heterocycles. The second-order valence-corrected chi connectivity index (χ2v) is 5.03. The summed E-state index contributed by atoms with van der Waals surface area (Å²) in [6.45, 7) is 5.59. The standard InChI is InChI=1S/C16H21N3/c1-12-5-4-6-14(7-12)11-19(3)16-13(2)8-15(9-17)10-18-16/h4-8,10H,9,11,17H2,1-3H3. The van der Waals surface area contributed by atoms with Crippen LogP contribution in [-0.2, 0) is 13.1 Å². The fourth-order valence-electron chi connectivity index (χ4n) is 2.30. The first-order valence-electron chi connectivity index (χ1n) is 6.52. The van der Waals surface area contributed by atoms with Crippen molar-refractivity contribution in [3.8, 4) is 0 Å². The zero-order valence-electron chi connectivity index (χ0n) is 11.9. The lowest BCUT2D eigenvalue weighted by Gasteiger charge is -2.21. The second-order valence-electron chi connectivity index (χ2n) is 5.03. The summed E-state index contributed by atoms with van der Waals surface area (Å²) < 4.78 is 0. The van der Waals surface area contributed by atoms with Gasteiger partial charge in [0.1, 0.15) is 5.82 Å². The summed E-state index contributed by atoms with van der Waals surface area (Å²) in [5, 5.41) is 0. The van der Waals surface area contributed by atoms with Gasteiger partial charge >= 0.3 is 0 Å². The van der Waals surface area contributed by atoms with E-state index in [1.54, 1.807) is 0 Å². The van der Waals surface area contributed by atoms with Gasteiger partial charge in [-0.1, -0.05) is 29.8 Å². The molecule has 0 saturated heterocycles. The molecule has 1 aromatic carbocycles. The first kappa shape index (κ1) is 13.6. The number of benzene rings is 1. The van der Waals surface area contributed by atoms with Crippen LogP contribution in [0, 0.1) is 13.8 Å². The fraction of sp³-hybridized carbons (Fsp3) is 0.312. The first-order valence-corrected chi connectivity index (χ1v) is 6.52. The third-order valence-electron chi connectivity index (χ3n) is 3.21. The molecule has 0 atom stereocenters. The van der Waals surface area contributed by atoms with Gasteiger partial charge in [-0.05, 0) is 36.6 Å². The molecule has 3 heteroatoms. The van der Waals surface area contributed by atoms with Gasteiger partial charge in [-0.2, -0.15) is 0 Å². The van der Waals surface area contributed by atoms with Crippen LogP contribution in [0.25, 0.3) is 0 Å². The van der Waals surface area contributed by atoms with Gasteiger partial charge in [-0.25, -0.2) is 4.98 Å². The van der Waals surface area contributed by atoms with Gasteiger partial charge in [0.25, 0.3) is 0 Å². The van der Waals surface area contributed by atoms with Gasteiger partial charge in [0.05, 0.1) is 0 Å². The molecular weight excluding hydrogens is 234 g/mol. The van der Waals surface area contributed by atoms with Gasteiger partial charge in [-0.15, -0.1) is 0 Å². The highest BCUT2D eigenvalue weighted by molar-refractivity contribution is 5.47. The Morgan fingerprint density at radius 3 is 2.58 bits per heavy atom. The lowest BCUT2D eigenvalue weighted by atomic mass is 10.1. The van der Waals surface area contributed by atoms with E-state index >= 15 is 0 Å². The number of aryl methyl sites for hydroxylation is 2. The Bertz CT molecular complexity index is 564. The Labute approximate surface area is 115 Å². The highest BCUT2D eigenvalue weighted by Crippen LogP contribution is 2.19. The molecule has 0 bridgehead atoms. The molecule has 0 fully saturated rings. The average molecular weight is 255 g/mol. The molecule has 2 N–H and O–H groups in total. The maximum Gasteiger partial charge on any atom is 0.131 e. The number of pyridine rings is 1. The van der Waals surface area contributed by atoms with Crippen LogP contribution in [0.2, 0.25) is 0 Å². The van der Waals surface area contributed by atoms with E-state index in [1.807, 2.05) is 6.20 Å². The molecule has 2 aromatic rings. The summed E-state index contributed by atoms with van der Waals surface area (Å²) >= 11 is 0. The summed E-state index contributed by atoms with van der Waals surface area (Å²) in [6.07, 6.45) is 1.86. The van der Waals surface area contributed by atoms with Crippen molar-refractivity contribution in [2.45, 2.75) is 26.9 Å². The Morgan fingerprint density at radius 1 is 1.16 bits per heavy atom. The number of hydrogen-bond donors (Lipinski definition) is 1. The molecule has 3 nitrogen and oxygen atoms in total. The molecule has 19 heavy (non-hydrogen) atoms. The summed E-state index contributed by atoms with van der Waals surface area (Å²) in [5.41, 5.74) is 10.5. The molecule has 0 aliphatic rings. The zero-order valence-corrected chi connectivity index (χ0v) is 11.9. The maximum atomic E-state index is 5.63. The van der Waals surface area contributed by atoms with Gasteiger partial charge in [0.15, 0.2) is 0 Å². The minimum atomic E-state index is 0.537. The van der Waals surface area contributed by atoms with E-state index in [2.05, 4.69) is 61.1 Å². The van der Waals surface area contributed by atoms with Crippen LogP contribution < -0.4 is 10.6 Å². The third-order valence-corrected chi connectivity index (χ3v) is 3.21. The minimum Gasteiger partial charge on any atom is -0.355 e.